The molecule has 58 heavy (non-hydrogen) atoms. The number of halogens is 2. The second-order valence-corrected chi connectivity index (χ2v) is 13.2. The van der Waals surface area contributed by atoms with Crippen molar-refractivity contribution in [3.05, 3.63) is 146 Å². The van der Waals surface area contributed by atoms with Crippen LogP contribution >= 0.6 is 0 Å². The molecule has 0 unspecified atom stereocenters. The fourth-order valence-electron chi connectivity index (χ4n) is 6.20. The Morgan fingerprint density at radius 3 is 2.45 bits per heavy atom. The van der Waals surface area contributed by atoms with Gasteiger partial charge in [-0.15, -0.1) is 5.10 Å². The molecule has 0 fully saturated rings. The van der Waals surface area contributed by atoms with Crippen LogP contribution in [0.1, 0.15) is 39.8 Å². The van der Waals surface area contributed by atoms with Crippen molar-refractivity contribution < 1.29 is 23.1 Å². The monoisotopic (exact) mass is 793 g/mol. The van der Waals surface area contributed by atoms with E-state index in [9.17, 15) is 14.4 Å². The Morgan fingerprint density at radius 1 is 0.966 bits per heavy atom. The van der Waals surface area contributed by atoms with Crippen LogP contribution in [0.3, 0.4) is 0 Å². The maximum absolute atomic E-state index is 15.1. The van der Waals surface area contributed by atoms with Gasteiger partial charge in [0.05, 0.1) is 50.4 Å². The van der Waals surface area contributed by atoms with Gasteiger partial charge >= 0.3 is 6.03 Å². The summed E-state index contributed by atoms with van der Waals surface area (Å²) in [5.74, 6) is -2.32. The number of urea groups is 1. The summed E-state index contributed by atoms with van der Waals surface area (Å²) in [6.07, 6.45) is 2.86. The van der Waals surface area contributed by atoms with Crippen molar-refractivity contribution in [1.29, 1.82) is 0 Å². The molecule has 300 valence electrons. The van der Waals surface area contributed by atoms with Gasteiger partial charge in [0.15, 0.2) is 0 Å². The number of hydrogen-bond donors (Lipinski definition) is 3. The van der Waals surface area contributed by atoms with Gasteiger partial charge in [0.25, 0.3) is 11.5 Å². The van der Waals surface area contributed by atoms with Crippen molar-refractivity contribution in [2.24, 2.45) is 5.11 Å². The number of fused-ring (bicyclic) bond motifs is 1. The van der Waals surface area contributed by atoms with Gasteiger partial charge in [-0.3, -0.25) is 14.5 Å². The van der Waals surface area contributed by atoms with Crippen LogP contribution in [0.15, 0.2) is 95.1 Å². The first-order valence-electron chi connectivity index (χ1n) is 18.4. The number of aromatic nitrogens is 6. The van der Waals surface area contributed by atoms with Gasteiger partial charge in [-0.25, -0.2) is 27.6 Å². The highest BCUT2D eigenvalue weighted by atomic mass is 19.1. The number of carbonyl (C=O) groups excluding carboxylic acids is 2. The van der Waals surface area contributed by atoms with Gasteiger partial charge in [0, 0.05) is 54.1 Å². The standard InChI is InChI=1S/C39H41F2N13O4/c1-3-43-38(57)46-28-14-12-27(13-15-28)35-34(25-51(2)21-26-8-5-4-6-9-26)54-37(56)31(24-52(39(54)47-35)23-30-32(40)10-7-11-33(30)41)36(55)44-20-29-22-53(50-48-29)17-19-58-18-16-45-49-42/h4-15,22,24H,3,16-21,23,25H2,1-2H3,(H,44,55)(H2,43,46,57). The molecular weight excluding hydrogens is 753 g/mol. The summed E-state index contributed by atoms with van der Waals surface area (Å²) in [4.78, 5) is 50.1. The van der Waals surface area contributed by atoms with Gasteiger partial charge in [0.2, 0.25) is 5.78 Å². The zero-order valence-corrected chi connectivity index (χ0v) is 31.8. The van der Waals surface area contributed by atoms with Gasteiger partial charge in [-0.05, 0) is 49.3 Å². The van der Waals surface area contributed by atoms with Crippen molar-refractivity contribution in [2.45, 2.75) is 39.6 Å². The van der Waals surface area contributed by atoms with E-state index >= 15 is 8.78 Å². The fraction of sp³-hybridized carbons (Fsp3) is 0.282. The number of nitrogens with one attached hydrogen (secondary N) is 3. The van der Waals surface area contributed by atoms with Crippen LogP contribution in [0.5, 0.6) is 0 Å². The maximum Gasteiger partial charge on any atom is 0.319 e. The van der Waals surface area contributed by atoms with E-state index in [2.05, 4.69) is 36.3 Å². The maximum atomic E-state index is 15.1. The summed E-state index contributed by atoms with van der Waals surface area (Å²) in [7, 11) is 1.88. The summed E-state index contributed by atoms with van der Waals surface area (Å²) in [6.45, 7) is 3.53. The number of amides is 3. The third kappa shape index (κ3) is 10.1. The average molecular weight is 794 g/mol. The third-order valence-corrected chi connectivity index (χ3v) is 8.91. The smallest absolute Gasteiger partial charge is 0.319 e. The number of rotatable bonds is 18. The quantitative estimate of drug-likeness (QED) is 0.0461. The highest BCUT2D eigenvalue weighted by Crippen LogP contribution is 2.28. The summed E-state index contributed by atoms with van der Waals surface area (Å²) in [5, 5.41) is 19.7. The molecule has 6 rings (SSSR count). The largest absolute Gasteiger partial charge is 0.379 e. The molecule has 0 saturated heterocycles. The molecule has 3 aromatic heterocycles. The number of azide groups is 1. The van der Waals surface area contributed by atoms with E-state index in [1.807, 2.05) is 42.3 Å². The first-order chi connectivity index (χ1) is 28.1. The molecule has 0 spiro atoms. The van der Waals surface area contributed by atoms with Crippen LogP contribution in [-0.4, -0.2) is 79.1 Å². The molecular formula is C39H41F2N13O4. The Labute approximate surface area is 330 Å². The number of hydrogen-bond acceptors (Lipinski definition) is 9. The number of imidazole rings is 1. The highest BCUT2D eigenvalue weighted by Gasteiger charge is 2.25. The van der Waals surface area contributed by atoms with Crippen LogP contribution in [0.4, 0.5) is 19.3 Å². The number of anilines is 1. The molecule has 0 atom stereocenters. The van der Waals surface area contributed by atoms with E-state index in [1.54, 1.807) is 37.4 Å². The van der Waals surface area contributed by atoms with Crippen LogP contribution in [0, 0.1) is 11.6 Å². The van der Waals surface area contributed by atoms with Crippen molar-refractivity contribution in [3.8, 4) is 11.3 Å². The van der Waals surface area contributed by atoms with Crippen molar-refractivity contribution in [1.82, 2.24) is 44.5 Å². The zero-order chi connectivity index (χ0) is 41.0. The molecule has 6 aromatic rings. The van der Waals surface area contributed by atoms with E-state index in [0.717, 1.165) is 17.7 Å². The third-order valence-electron chi connectivity index (χ3n) is 8.91. The number of benzene rings is 3. The molecule has 17 nitrogen and oxygen atoms in total. The van der Waals surface area contributed by atoms with E-state index in [0.29, 0.717) is 48.0 Å². The molecule has 19 heteroatoms. The van der Waals surface area contributed by atoms with E-state index in [1.165, 1.54) is 25.9 Å². The SMILES string of the molecule is CCNC(=O)Nc1ccc(-c2nc3n(Cc4c(F)cccc4F)cc(C(=O)NCc4cn(CCOCCN=[N+]=[N-])nn4)c(=O)n3c2CN(C)Cc2ccccc2)cc1. The summed E-state index contributed by atoms with van der Waals surface area (Å²) >= 11 is 0. The first-order valence-corrected chi connectivity index (χ1v) is 18.4. The molecule has 3 amide bonds. The van der Waals surface area contributed by atoms with Gasteiger partial charge in [-0.2, -0.15) is 0 Å². The minimum absolute atomic E-state index is 0.0522. The Morgan fingerprint density at radius 2 is 1.72 bits per heavy atom. The molecule has 0 aliphatic rings. The summed E-state index contributed by atoms with van der Waals surface area (Å²) < 4.78 is 39.9. The minimum atomic E-state index is -0.809. The fourth-order valence-corrected chi connectivity index (χ4v) is 6.20. The lowest BCUT2D eigenvalue weighted by atomic mass is 10.1. The van der Waals surface area contributed by atoms with Gasteiger partial charge < -0.3 is 25.3 Å². The predicted octanol–water partition coefficient (Wildman–Crippen LogP) is 5.11. The highest BCUT2D eigenvalue weighted by molar-refractivity contribution is 5.94. The minimum Gasteiger partial charge on any atom is -0.379 e. The zero-order valence-electron chi connectivity index (χ0n) is 31.8. The number of carbonyl (C=O) groups is 2. The van der Waals surface area contributed by atoms with Crippen LogP contribution in [0.25, 0.3) is 27.5 Å². The lowest BCUT2D eigenvalue weighted by Crippen LogP contribution is -2.34. The summed E-state index contributed by atoms with van der Waals surface area (Å²) in [5.41, 5.74) is 10.4. The van der Waals surface area contributed by atoms with Crippen molar-refractivity contribution >= 4 is 23.4 Å². The molecule has 0 saturated carbocycles. The molecule has 0 radical (unpaired) electrons. The van der Waals surface area contributed by atoms with Crippen LogP contribution in [0.2, 0.25) is 0 Å². The lowest BCUT2D eigenvalue weighted by molar-refractivity contribution is 0.0947. The predicted molar refractivity (Wildman–Crippen MR) is 211 cm³/mol. The molecule has 3 heterocycles. The van der Waals surface area contributed by atoms with Crippen molar-refractivity contribution in [3.63, 3.8) is 0 Å². The van der Waals surface area contributed by atoms with Crippen molar-refractivity contribution in [2.75, 3.05) is 38.7 Å². The Kier molecular flexibility index (Phi) is 13.5. The molecule has 3 N–H and O–H groups in total. The Bertz CT molecular complexity index is 2460. The van der Waals surface area contributed by atoms with E-state index in [-0.39, 0.29) is 55.8 Å². The lowest BCUT2D eigenvalue weighted by Gasteiger charge is -2.18. The first kappa shape index (κ1) is 40.7. The Balaban J connectivity index is 1.39. The topological polar surface area (TPSA) is 201 Å². The van der Waals surface area contributed by atoms with Crippen LogP contribution in [-0.2, 0) is 37.5 Å². The normalized spacial score (nSPS) is 11.1. The molecule has 0 bridgehead atoms. The summed E-state index contributed by atoms with van der Waals surface area (Å²) in [6, 6.07) is 19.7. The number of ether oxygens (including phenoxy) is 1. The molecule has 3 aromatic carbocycles. The second-order valence-electron chi connectivity index (χ2n) is 13.2. The number of nitrogens with zero attached hydrogens (tertiary/aromatic N) is 10. The van der Waals surface area contributed by atoms with E-state index < -0.39 is 29.6 Å². The van der Waals surface area contributed by atoms with Gasteiger partial charge in [-0.1, -0.05) is 58.9 Å². The molecule has 0 aliphatic heterocycles. The van der Waals surface area contributed by atoms with E-state index in [4.69, 9.17) is 15.3 Å². The molecule has 0 aliphatic carbocycles. The Hall–Kier alpha value is -6.95. The second kappa shape index (κ2) is 19.3. The average Bonchev–Trinajstić information content (AvgIpc) is 3.83. The van der Waals surface area contributed by atoms with Gasteiger partial charge in [0.1, 0.15) is 22.9 Å². The van der Waals surface area contributed by atoms with Crippen LogP contribution < -0.4 is 21.5 Å².